The van der Waals surface area contributed by atoms with Gasteiger partial charge in [-0.05, 0) is 70.6 Å². The average molecular weight is 978 g/mol. The first-order valence-electron chi connectivity index (χ1n) is 29.9. The third kappa shape index (κ3) is 55.8. The van der Waals surface area contributed by atoms with Crippen molar-refractivity contribution in [3.8, 4) is 0 Å². The predicted octanol–water partition coefficient (Wildman–Crippen LogP) is 20.2. The summed E-state index contributed by atoms with van der Waals surface area (Å²) in [7, 11) is 0. The zero-order valence-electron chi connectivity index (χ0n) is 46.3. The van der Waals surface area contributed by atoms with Crippen molar-refractivity contribution in [2.45, 2.75) is 303 Å². The number of hydrogen-bond donors (Lipinski definition) is 0. The van der Waals surface area contributed by atoms with Crippen molar-refractivity contribution in [2.75, 3.05) is 13.2 Å². The van der Waals surface area contributed by atoms with Gasteiger partial charge in [-0.2, -0.15) is 0 Å². The molecule has 0 heterocycles. The average Bonchev–Trinajstić information content (AvgIpc) is 3.36. The molecule has 0 rings (SSSR count). The van der Waals surface area contributed by atoms with Crippen molar-refractivity contribution in [3.63, 3.8) is 0 Å². The number of esters is 3. The Balaban J connectivity index is 4.14. The number of allylic oxidation sites excluding steroid dienone is 11. The minimum absolute atomic E-state index is 0.0997. The molecule has 0 radical (unpaired) electrons. The Kier molecular flexibility index (Phi) is 55.8. The standard InChI is InChI=1S/C64H112O6/c1-4-7-10-13-16-19-21-23-25-26-27-28-29-30-31-32-33-34-35-36-37-38-40-41-43-45-48-51-54-57-63(66)69-60-61(59-68-62(65)56-53-50-47-18-15-12-9-6-3)70-64(67)58-55-52-49-46-44-42-39-24-22-20-17-14-11-8-5-2/h8,11,17,20,24,26-27,39,44,46,52,55,61H,4-7,9-10,12-16,18-19,21-23,25,28-38,40-43,45,47-51,53-54,56-60H2,1-3H3/b11-8-,20-17-,27-26-,39-24-,46-44-,55-52-. The van der Waals surface area contributed by atoms with Crippen LogP contribution in [-0.2, 0) is 28.6 Å². The van der Waals surface area contributed by atoms with Crippen LogP contribution in [-0.4, -0.2) is 37.2 Å². The molecule has 0 fully saturated rings. The molecular weight excluding hydrogens is 865 g/mol. The molecule has 0 aliphatic rings. The molecule has 0 aromatic carbocycles. The fraction of sp³-hybridized carbons (Fsp3) is 0.766. The first-order chi connectivity index (χ1) is 34.5. The number of carbonyl (C=O) groups is 3. The van der Waals surface area contributed by atoms with E-state index in [-0.39, 0.29) is 31.6 Å². The summed E-state index contributed by atoms with van der Waals surface area (Å²) in [5.41, 5.74) is 0. The summed E-state index contributed by atoms with van der Waals surface area (Å²) >= 11 is 0. The van der Waals surface area contributed by atoms with Gasteiger partial charge in [-0.3, -0.25) is 14.4 Å². The molecule has 0 N–H and O–H groups in total. The zero-order chi connectivity index (χ0) is 50.7. The van der Waals surface area contributed by atoms with E-state index in [1.54, 1.807) is 6.08 Å². The molecule has 0 aliphatic heterocycles. The van der Waals surface area contributed by atoms with Gasteiger partial charge in [0.05, 0.1) is 6.42 Å². The highest BCUT2D eigenvalue weighted by Gasteiger charge is 2.19. The largest absolute Gasteiger partial charge is 0.462 e. The number of hydrogen-bond acceptors (Lipinski definition) is 6. The maximum atomic E-state index is 12.7. The van der Waals surface area contributed by atoms with Crippen LogP contribution in [0.4, 0.5) is 0 Å². The second kappa shape index (κ2) is 58.4. The minimum Gasteiger partial charge on any atom is -0.462 e. The van der Waals surface area contributed by atoms with Gasteiger partial charge in [0, 0.05) is 12.8 Å². The minimum atomic E-state index is -0.826. The van der Waals surface area contributed by atoms with Crippen LogP contribution in [0.15, 0.2) is 72.9 Å². The Bertz CT molecular complexity index is 1310. The van der Waals surface area contributed by atoms with E-state index < -0.39 is 12.1 Å². The lowest BCUT2D eigenvalue weighted by Gasteiger charge is -2.18. The van der Waals surface area contributed by atoms with Crippen LogP contribution in [0.2, 0.25) is 0 Å². The molecule has 70 heavy (non-hydrogen) atoms. The molecule has 0 saturated heterocycles. The molecule has 0 spiro atoms. The maximum absolute atomic E-state index is 12.7. The third-order valence-electron chi connectivity index (χ3n) is 13.0. The lowest BCUT2D eigenvalue weighted by molar-refractivity contribution is -0.166. The molecule has 0 amide bonds. The van der Waals surface area contributed by atoms with Gasteiger partial charge in [0.25, 0.3) is 0 Å². The quantitative estimate of drug-likeness (QED) is 0.0261. The number of ether oxygens (including phenoxy) is 3. The lowest BCUT2D eigenvalue weighted by atomic mass is 10.0. The highest BCUT2D eigenvalue weighted by molar-refractivity contribution is 5.72. The molecule has 0 bridgehead atoms. The fourth-order valence-electron chi connectivity index (χ4n) is 8.51. The molecule has 0 aliphatic carbocycles. The van der Waals surface area contributed by atoms with E-state index in [0.717, 1.165) is 70.6 Å². The highest BCUT2D eigenvalue weighted by Crippen LogP contribution is 2.16. The van der Waals surface area contributed by atoms with Crippen molar-refractivity contribution in [1.82, 2.24) is 0 Å². The summed E-state index contributed by atoms with van der Waals surface area (Å²) in [6, 6.07) is 0. The van der Waals surface area contributed by atoms with Gasteiger partial charge in [-0.1, -0.05) is 280 Å². The summed E-state index contributed by atoms with van der Waals surface area (Å²) < 4.78 is 16.7. The van der Waals surface area contributed by atoms with E-state index in [2.05, 4.69) is 81.5 Å². The van der Waals surface area contributed by atoms with Gasteiger partial charge in [-0.15, -0.1) is 0 Å². The van der Waals surface area contributed by atoms with Crippen molar-refractivity contribution in [1.29, 1.82) is 0 Å². The number of rotatable bonds is 54. The second-order valence-corrected chi connectivity index (χ2v) is 19.9. The van der Waals surface area contributed by atoms with Crippen LogP contribution >= 0.6 is 0 Å². The van der Waals surface area contributed by atoms with Gasteiger partial charge < -0.3 is 14.2 Å². The van der Waals surface area contributed by atoms with Crippen LogP contribution in [0.25, 0.3) is 0 Å². The van der Waals surface area contributed by atoms with Gasteiger partial charge in [0.2, 0.25) is 0 Å². The van der Waals surface area contributed by atoms with Crippen molar-refractivity contribution >= 4 is 17.9 Å². The second-order valence-electron chi connectivity index (χ2n) is 19.9. The first-order valence-corrected chi connectivity index (χ1v) is 29.9. The topological polar surface area (TPSA) is 78.9 Å². The summed E-state index contributed by atoms with van der Waals surface area (Å²) in [5, 5.41) is 0. The van der Waals surface area contributed by atoms with E-state index >= 15 is 0 Å². The Labute approximate surface area is 433 Å². The molecule has 0 aromatic rings. The Morgan fingerprint density at radius 2 is 0.600 bits per heavy atom. The Morgan fingerprint density at radius 1 is 0.314 bits per heavy atom. The van der Waals surface area contributed by atoms with Crippen LogP contribution in [0.3, 0.4) is 0 Å². The van der Waals surface area contributed by atoms with Gasteiger partial charge in [0.1, 0.15) is 13.2 Å². The van der Waals surface area contributed by atoms with Crippen molar-refractivity contribution in [3.05, 3.63) is 72.9 Å². The first kappa shape index (κ1) is 66.9. The van der Waals surface area contributed by atoms with Crippen molar-refractivity contribution in [2.24, 2.45) is 0 Å². The SMILES string of the molecule is CC/C=C\C/C=C\C/C=C\C/C=C\C/C=C\CC(=O)OC(COC(=O)CCCCCCCCCC)COC(=O)CCCCCCCCCCCCCCCCCCC/C=C\CCCCCCCCCC. The Morgan fingerprint density at radius 3 is 0.929 bits per heavy atom. The van der Waals surface area contributed by atoms with Gasteiger partial charge in [-0.25, -0.2) is 0 Å². The molecule has 1 unspecified atom stereocenters. The zero-order valence-corrected chi connectivity index (χ0v) is 46.3. The van der Waals surface area contributed by atoms with Gasteiger partial charge in [0.15, 0.2) is 6.10 Å². The van der Waals surface area contributed by atoms with E-state index in [0.29, 0.717) is 12.8 Å². The molecule has 0 aromatic heterocycles. The highest BCUT2D eigenvalue weighted by atomic mass is 16.6. The van der Waals surface area contributed by atoms with Crippen molar-refractivity contribution < 1.29 is 28.6 Å². The van der Waals surface area contributed by atoms with E-state index in [1.165, 1.54) is 186 Å². The smallest absolute Gasteiger partial charge is 0.310 e. The summed E-state index contributed by atoms with van der Waals surface area (Å²) in [5.74, 6) is -1.04. The van der Waals surface area contributed by atoms with Crippen LogP contribution in [0.1, 0.15) is 297 Å². The van der Waals surface area contributed by atoms with Gasteiger partial charge >= 0.3 is 17.9 Å². The summed E-state index contributed by atoms with van der Waals surface area (Å²) in [6.45, 7) is 6.43. The Hall–Kier alpha value is -3.15. The summed E-state index contributed by atoms with van der Waals surface area (Å²) in [6.07, 6.45) is 75.4. The summed E-state index contributed by atoms with van der Waals surface area (Å²) in [4.78, 5) is 37.9. The van der Waals surface area contributed by atoms with Crippen LogP contribution in [0.5, 0.6) is 0 Å². The molecule has 6 nitrogen and oxygen atoms in total. The van der Waals surface area contributed by atoms with E-state index in [1.807, 2.05) is 6.08 Å². The normalized spacial score (nSPS) is 12.6. The lowest BCUT2D eigenvalue weighted by Crippen LogP contribution is -2.30. The van der Waals surface area contributed by atoms with E-state index in [4.69, 9.17) is 14.2 Å². The number of carbonyl (C=O) groups excluding carboxylic acids is 3. The molecule has 0 saturated carbocycles. The van der Waals surface area contributed by atoms with Crippen LogP contribution in [0, 0.1) is 0 Å². The monoisotopic (exact) mass is 977 g/mol. The molecule has 6 heteroatoms. The predicted molar refractivity (Wildman–Crippen MR) is 302 cm³/mol. The van der Waals surface area contributed by atoms with E-state index in [9.17, 15) is 14.4 Å². The number of unbranched alkanes of at least 4 members (excludes halogenated alkanes) is 32. The third-order valence-corrected chi connectivity index (χ3v) is 13.0. The molecular formula is C64H112O6. The van der Waals surface area contributed by atoms with Crippen LogP contribution < -0.4 is 0 Å². The molecule has 404 valence electrons. The fourth-order valence-corrected chi connectivity index (χ4v) is 8.51. The molecule has 1 atom stereocenters. The maximum Gasteiger partial charge on any atom is 0.310 e.